The second-order valence-electron chi connectivity index (χ2n) is 11.4. The smallest absolute Gasteiger partial charge is 0.245 e. The molecule has 0 saturated carbocycles. The third kappa shape index (κ3) is 7.74. The summed E-state index contributed by atoms with van der Waals surface area (Å²) in [7, 11) is 0. The van der Waals surface area contributed by atoms with Crippen molar-refractivity contribution in [3.05, 3.63) is 63.4 Å². The molecule has 228 valence electrons. The SMILES string of the molecule is CC(C)CC(NC(=O)CCN)c1cccc(F)c1N1CCN(C(=O)C(Cc2ccc(Cl)cc2Cl)N2CCCC2=O)CC1. The minimum atomic E-state index is -0.678. The highest BCUT2D eigenvalue weighted by atomic mass is 35.5. The molecular formula is C31H40Cl2FN5O3. The Kier molecular flexibility index (Phi) is 11.1. The van der Waals surface area contributed by atoms with Gasteiger partial charge in [0.15, 0.2) is 0 Å². The highest BCUT2D eigenvalue weighted by molar-refractivity contribution is 6.35. The lowest BCUT2D eigenvalue weighted by atomic mass is 9.94. The summed E-state index contributed by atoms with van der Waals surface area (Å²) in [5, 5.41) is 4.01. The summed E-state index contributed by atoms with van der Waals surface area (Å²) >= 11 is 12.5. The Balaban J connectivity index is 1.53. The van der Waals surface area contributed by atoms with Crippen LogP contribution in [0.25, 0.3) is 0 Å². The van der Waals surface area contributed by atoms with Gasteiger partial charge in [0, 0.05) is 74.1 Å². The summed E-state index contributed by atoms with van der Waals surface area (Å²) in [6, 6.07) is 9.06. The number of rotatable bonds is 11. The number of halogens is 3. The van der Waals surface area contributed by atoms with E-state index in [-0.39, 0.29) is 54.9 Å². The monoisotopic (exact) mass is 619 g/mol. The lowest BCUT2D eigenvalue weighted by molar-refractivity contribution is -0.143. The highest BCUT2D eigenvalue weighted by Crippen LogP contribution is 2.34. The van der Waals surface area contributed by atoms with Crippen molar-refractivity contribution in [1.29, 1.82) is 0 Å². The number of benzene rings is 2. The Morgan fingerprint density at radius 1 is 1.07 bits per heavy atom. The van der Waals surface area contributed by atoms with Crippen LogP contribution in [0.2, 0.25) is 10.0 Å². The fourth-order valence-corrected chi connectivity index (χ4v) is 6.35. The van der Waals surface area contributed by atoms with E-state index in [1.807, 2.05) is 11.0 Å². The first-order valence-electron chi connectivity index (χ1n) is 14.6. The number of anilines is 1. The molecule has 0 spiro atoms. The summed E-state index contributed by atoms with van der Waals surface area (Å²) in [5.74, 6) is -0.459. The van der Waals surface area contributed by atoms with Crippen LogP contribution in [0.1, 0.15) is 56.7 Å². The number of piperazine rings is 1. The largest absolute Gasteiger partial charge is 0.365 e. The van der Waals surface area contributed by atoms with E-state index in [9.17, 15) is 14.4 Å². The molecule has 0 aromatic heterocycles. The van der Waals surface area contributed by atoms with Gasteiger partial charge in [-0.3, -0.25) is 14.4 Å². The first-order valence-corrected chi connectivity index (χ1v) is 15.4. The summed E-state index contributed by atoms with van der Waals surface area (Å²) in [4.78, 5) is 44.5. The number of hydrogen-bond donors (Lipinski definition) is 2. The van der Waals surface area contributed by atoms with Crippen LogP contribution in [0.5, 0.6) is 0 Å². The molecule has 2 aliphatic heterocycles. The van der Waals surface area contributed by atoms with Crippen molar-refractivity contribution in [3.8, 4) is 0 Å². The molecule has 2 saturated heterocycles. The van der Waals surface area contributed by atoms with Crippen LogP contribution >= 0.6 is 23.2 Å². The van der Waals surface area contributed by atoms with Crippen LogP contribution in [0.15, 0.2) is 36.4 Å². The number of hydrogen-bond acceptors (Lipinski definition) is 5. The highest BCUT2D eigenvalue weighted by Gasteiger charge is 2.37. The molecule has 42 heavy (non-hydrogen) atoms. The quantitative estimate of drug-likeness (QED) is 0.384. The zero-order valence-electron chi connectivity index (χ0n) is 24.3. The molecule has 2 heterocycles. The van der Waals surface area contributed by atoms with Crippen molar-refractivity contribution in [2.24, 2.45) is 11.7 Å². The summed E-state index contributed by atoms with van der Waals surface area (Å²) in [6.45, 7) is 6.43. The van der Waals surface area contributed by atoms with E-state index in [1.165, 1.54) is 6.07 Å². The molecule has 0 radical (unpaired) electrons. The van der Waals surface area contributed by atoms with Crippen LogP contribution in [0.3, 0.4) is 0 Å². The summed E-state index contributed by atoms with van der Waals surface area (Å²) in [6.07, 6.45) is 2.26. The standard InChI is InChI=1S/C31H40Cl2FN5O3/c1-20(2)17-26(36-28(40)10-11-35)23-5-3-6-25(34)30(23)37-13-15-38(16-14-37)31(42)27(39-12-4-7-29(39)41)18-21-8-9-22(32)19-24(21)33/h3,5-6,8-9,19-20,26-27H,4,7,10-18,35H2,1-2H3,(H,36,40). The molecule has 3 N–H and O–H groups in total. The Bertz CT molecular complexity index is 1290. The Morgan fingerprint density at radius 3 is 2.43 bits per heavy atom. The van der Waals surface area contributed by atoms with Crippen molar-refractivity contribution in [2.45, 2.75) is 58.0 Å². The van der Waals surface area contributed by atoms with Crippen LogP contribution in [-0.4, -0.2) is 72.8 Å². The number of nitrogens with one attached hydrogen (secondary N) is 1. The number of nitrogens with zero attached hydrogens (tertiary/aromatic N) is 3. The first-order chi connectivity index (χ1) is 20.1. The Hall–Kier alpha value is -2.88. The molecule has 11 heteroatoms. The van der Waals surface area contributed by atoms with E-state index < -0.39 is 6.04 Å². The molecule has 0 bridgehead atoms. The number of carbonyl (C=O) groups is 3. The van der Waals surface area contributed by atoms with Gasteiger partial charge >= 0.3 is 0 Å². The van der Waals surface area contributed by atoms with E-state index in [1.54, 1.807) is 34.1 Å². The zero-order valence-corrected chi connectivity index (χ0v) is 25.8. The fraction of sp³-hybridized carbons (Fsp3) is 0.516. The van der Waals surface area contributed by atoms with Crippen LogP contribution in [-0.2, 0) is 20.8 Å². The topological polar surface area (TPSA) is 99.0 Å². The van der Waals surface area contributed by atoms with Gasteiger partial charge in [0.05, 0.1) is 11.7 Å². The minimum absolute atomic E-state index is 0.0408. The molecule has 0 aliphatic carbocycles. The second-order valence-corrected chi connectivity index (χ2v) is 12.3. The van der Waals surface area contributed by atoms with Gasteiger partial charge in [0.1, 0.15) is 11.9 Å². The maximum absolute atomic E-state index is 15.4. The van der Waals surface area contributed by atoms with Gasteiger partial charge in [-0.25, -0.2) is 4.39 Å². The molecule has 2 aromatic rings. The van der Waals surface area contributed by atoms with Crippen LogP contribution in [0, 0.1) is 11.7 Å². The van der Waals surface area contributed by atoms with Gasteiger partial charge in [0.2, 0.25) is 17.7 Å². The lowest BCUT2D eigenvalue weighted by Gasteiger charge is -2.40. The van der Waals surface area contributed by atoms with E-state index >= 15 is 4.39 Å². The third-order valence-corrected chi connectivity index (χ3v) is 8.50. The van der Waals surface area contributed by atoms with Gasteiger partial charge in [-0.2, -0.15) is 0 Å². The minimum Gasteiger partial charge on any atom is -0.365 e. The molecule has 3 amide bonds. The van der Waals surface area contributed by atoms with E-state index in [4.69, 9.17) is 28.9 Å². The Labute approximate surface area is 257 Å². The van der Waals surface area contributed by atoms with Gasteiger partial charge in [0.25, 0.3) is 0 Å². The van der Waals surface area contributed by atoms with Crippen molar-refractivity contribution >= 4 is 46.6 Å². The number of nitrogens with two attached hydrogens (primary N) is 1. The summed E-state index contributed by atoms with van der Waals surface area (Å²) in [5.41, 5.74) is 7.50. The molecule has 4 rings (SSSR count). The number of amides is 3. The number of carbonyl (C=O) groups excluding carboxylic acids is 3. The van der Waals surface area contributed by atoms with Crippen molar-refractivity contribution < 1.29 is 18.8 Å². The maximum atomic E-state index is 15.4. The normalized spacial score (nSPS) is 17.1. The lowest BCUT2D eigenvalue weighted by Crippen LogP contribution is -2.56. The van der Waals surface area contributed by atoms with Gasteiger partial charge in [-0.05, 0) is 42.5 Å². The van der Waals surface area contributed by atoms with Crippen LogP contribution < -0.4 is 16.0 Å². The van der Waals surface area contributed by atoms with Crippen molar-refractivity contribution in [2.75, 3.05) is 44.2 Å². The molecular weight excluding hydrogens is 580 g/mol. The van der Waals surface area contributed by atoms with Gasteiger partial charge in [-0.1, -0.05) is 55.2 Å². The Morgan fingerprint density at radius 2 is 1.81 bits per heavy atom. The maximum Gasteiger partial charge on any atom is 0.245 e. The molecule has 2 aromatic carbocycles. The van der Waals surface area contributed by atoms with Crippen molar-refractivity contribution in [3.63, 3.8) is 0 Å². The third-order valence-electron chi connectivity index (χ3n) is 7.91. The number of para-hydroxylation sites is 1. The molecule has 2 aliphatic rings. The molecule has 2 fully saturated rings. The number of likely N-dealkylation sites (tertiary alicyclic amines) is 1. The second kappa shape index (κ2) is 14.5. The molecule has 8 nitrogen and oxygen atoms in total. The zero-order chi connectivity index (χ0) is 30.4. The predicted molar refractivity (Wildman–Crippen MR) is 164 cm³/mol. The molecule has 2 unspecified atom stereocenters. The predicted octanol–water partition coefficient (Wildman–Crippen LogP) is 4.57. The first kappa shape index (κ1) is 32.0. The van der Waals surface area contributed by atoms with Gasteiger partial charge in [-0.15, -0.1) is 0 Å². The average Bonchev–Trinajstić information content (AvgIpc) is 3.37. The average molecular weight is 621 g/mol. The summed E-state index contributed by atoms with van der Waals surface area (Å²) < 4.78 is 15.4. The van der Waals surface area contributed by atoms with E-state index in [0.29, 0.717) is 73.3 Å². The molecule has 2 atom stereocenters. The van der Waals surface area contributed by atoms with Crippen molar-refractivity contribution in [1.82, 2.24) is 15.1 Å². The van der Waals surface area contributed by atoms with E-state index in [2.05, 4.69) is 19.2 Å². The fourth-order valence-electron chi connectivity index (χ4n) is 5.87. The van der Waals surface area contributed by atoms with Gasteiger partial charge < -0.3 is 25.8 Å². The van der Waals surface area contributed by atoms with E-state index in [0.717, 1.165) is 5.56 Å². The van der Waals surface area contributed by atoms with Crippen LogP contribution in [0.4, 0.5) is 10.1 Å².